The first kappa shape index (κ1) is 12.5. The molecule has 98 valence electrons. The number of nitriles is 1. The van der Waals surface area contributed by atoms with E-state index in [1.165, 1.54) is 0 Å². The van der Waals surface area contributed by atoms with Crippen molar-refractivity contribution < 1.29 is 0 Å². The van der Waals surface area contributed by atoms with Crippen molar-refractivity contribution in [3.8, 4) is 6.07 Å². The van der Waals surface area contributed by atoms with Gasteiger partial charge in [0.15, 0.2) is 0 Å². The van der Waals surface area contributed by atoms with E-state index in [4.69, 9.17) is 22.6 Å². The molecule has 3 rings (SSSR count). The summed E-state index contributed by atoms with van der Waals surface area (Å²) in [5, 5.41) is 14.8. The van der Waals surface area contributed by atoms with Crippen molar-refractivity contribution in [2.75, 3.05) is 5.73 Å². The van der Waals surface area contributed by atoms with Crippen LogP contribution in [-0.4, -0.2) is 9.78 Å². The fourth-order valence-electron chi connectivity index (χ4n) is 2.12. The molecule has 0 aliphatic rings. The highest BCUT2D eigenvalue weighted by molar-refractivity contribution is 6.31. The van der Waals surface area contributed by atoms with Crippen LogP contribution in [0.2, 0.25) is 5.02 Å². The number of halogens is 1. The SMILES string of the molecule is N#Cc1ccc(Cn2ncc3ccc(N)cc32)c(Cl)c1. The van der Waals surface area contributed by atoms with Gasteiger partial charge in [-0.25, -0.2) is 0 Å². The maximum Gasteiger partial charge on any atom is 0.0992 e. The standard InChI is InChI=1S/C15H11ClN4/c16-14-5-10(7-17)1-2-12(14)9-20-15-6-13(18)4-3-11(15)8-19-20/h1-6,8H,9,18H2. The van der Waals surface area contributed by atoms with Crippen molar-refractivity contribution in [2.45, 2.75) is 6.54 Å². The molecule has 0 unspecified atom stereocenters. The van der Waals surface area contributed by atoms with Gasteiger partial charge in [0.2, 0.25) is 0 Å². The Morgan fingerprint density at radius 3 is 2.85 bits per heavy atom. The summed E-state index contributed by atoms with van der Waals surface area (Å²) < 4.78 is 1.85. The van der Waals surface area contributed by atoms with Crippen LogP contribution in [0.5, 0.6) is 0 Å². The lowest BCUT2D eigenvalue weighted by Gasteiger charge is -2.07. The molecule has 0 aliphatic carbocycles. The molecule has 0 amide bonds. The molecular weight excluding hydrogens is 272 g/mol. The molecule has 1 heterocycles. The van der Waals surface area contributed by atoms with E-state index < -0.39 is 0 Å². The molecule has 4 nitrogen and oxygen atoms in total. The quantitative estimate of drug-likeness (QED) is 0.734. The molecule has 0 aliphatic heterocycles. The Morgan fingerprint density at radius 2 is 2.10 bits per heavy atom. The number of nitrogens with two attached hydrogens (primary N) is 1. The van der Waals surface area contributed by atoms with E-state index in [2.05, 4.69) is 11.2 Å². The maximum atomic E-state index is 8.84. The summed E-state index contributed by atoms with van der Waals surface area (Å²) in [5.41, 5.74) is 8.94. The van der Waals surface area contributed by atoms with E-state index in [-0.39, 0.29) is 0 Å². The largest absolute Gasteiger partial charge is 0.399 e. The number of aromatic nitrogens is 2. The first-order chi connectivity index (χ1) is 9.67. The second-order valence-corrected chi connectivity index (χ2v) is 4.95. The lowest BCUT2D eigenvalue weighted by Crippen LogP contribution is -2.02. The summed E-state index contributed by atoms with van der Waals surface area (Å²) in [6, 6.07) is 13.0. The Morgan fingerprint density at radius 1 is 1.25 bits per heavy atom. The zero-order chi connectivity index (χ0) is 14.1. The minimum atomic E-state index is 0.539. The molecule has 1 aromatic heterocycles. The molecule has 0 radical (unpaired) electrons. The predicted molar refractivity (Wildman–Crippen MR) is 79.4 cm³/mol. The lowest BCUT2D eigenvalue weighted by molar-refractivity contribution is 0.712. The molecule has 2 aromatic carbocycles. The molecule has 5 heteroatoms. The molecule has 3 aromatic rings. The van der Waals surface area contributed by atoms with Crippen LogP contribution >= 0.6 is 11.6 Å². The van der Waals surface area contributed by atoms with Crippen LogP contribution in [0, 0.1) is 11.3 Å². The van der Waals surface area contributed by atoms with Crippen LogP contribution in [0.15, 0.2) is 42.6 Å². The van der Waals surface area contributed by atoms with Crippen LogP contribution in [0.25, 0.3) is 10.9 Å². The minimum absolute atomic E-state index is 0.539. The summed E-state index contributed by atoms with van der Waals surface area (Å²) in [6.07, 6.45) is 1.80. The van der Waals surface area contributed by atoms with Crippen molar-refractivity contribution in [3.05, 3.63) is 58.7 Å². The van der Waals surface area contributed by atoms with Crippen molar-refractivity contribution in [3.63, 3.8) is 0 Å². The summed E-state index contributed by atoms with van der Waals surface area (Å²) in [4.78, 5) is 0. The second kappa shape index (κ2) is 4.87. The number of rotatable bonds is 2. The van der Waals surface area contributed by atoms with Crippen molar-refractivity contribution in [2.24, 2.45) is 0 Å². The molecule has 0 saturated heterocycles. The monoisotopic (exact) mass is 282 g/mol. The van der Waals surface area contributed by atoms with E-state index in [0.717, 1.165) is 16.5 Å². The van der Waals surface area contributed by atoms with Gasteiger partial charge < -0.3 is 5.73 Å². The highest BCUT2D eigenvalue weighted by Gasteiger charge is 2.07. The molecule has 0 spiro atoms. The van der Waals surface area contributed by atoms with Gasteiger partial charge in [0.05, 0.1) is 29.9 Å². The van der Waals surface area contributed by atoms with Crippen LogP contribution < -0.4 is 5.73 Å². The van der Waals surface area contributed by atoms with Crippen LogP contribution in [0.4, 0.5) is 5.69 Å². The van der Waals surface area contributed by atoms with Gasteiger partial charge in [-0.05, 0) is 35.9 Å². The fourth-order valence-corrected chi connectivity index (χ4v) is 2.36. The Labute approximate surface area is 121 Å². The Balaban J connectivity index is 2.01. The van der Waals surface area contributed by atoms with Gasteiger partial charge in [-0.2, -0.15) is 10.4 Å². The van der Waals surface area contributed by atoms with Crippen molar-refractivity contribution in [1.82, 2.24) is 9.78 Å². The molecular formula is C15H11ClN4. The van der Waals surface area contributed by atoms with Crippen LogP contribution in [0.1, 0.15) is 11.1 Å². The highest BCUT2D eigenvalue weighted by Crippen LogP contribution is 2.22. The van der Waals surface area contributed by atoms with Gasteiger partial charge in [-0.3, -0.25) is 4.68 Å². The van der Waals surface area contributed by atoms with E-state index in [9.17, 15) is 0 Å². The fraction of sp³-hybridized carbons (Fsp3) is 0.0667. The smallest absolute Gasteiger partial charge is 0.0992 e. The van der Waals surface area contributed by atoms with E-state index in [1.54, 1.807) is 18.3 Å². The summed E-state index contributed by atoms with van der Waals surface area (Å²) in [5.74, 6) is 0. The van der Waals surface area contributed by atoms with Gasteiger partial charge in [0, 0.05) is 16.1 Å². The number of anilines is 1. The first-order valence-corrected chi connectivity index (χ1v) is 6.45. The number of nitrogen functional groups attached to an aromatic ring is 1. The van der Waals surface area contributed by atoms with Crippen LogP contribution in [-0.2, 0) is 6.54 Å². The number of benzene rings is 2. The molecule has 0 fully saturated rings. The maximum absolute atomic E-state index is 8.84. The third-order valence-electron chi connectivity index (χ3n) is 3.17. The third-order valence-corrected chi connectivity index (χ3v) is 3.52. The first-order valence-electron chi connectivity index (χ1n) is 6.07. The summed E-state index contributed by atoms with van der Waals surface area (Å²) in [6.45, 7) is 0.539. The minimum Gasteiger partial charge on any atom is -0.399 e. The van der Waals surface area contributed by atoms with E-state index in [1.807, 2.05) is 28.9 Å². The summed E-state index contributed by atoms with van der Waals surface area (Å²) >= 11 is 6.19. The highest BCUT2D eigenvalue weighted by atomic mass is 35.5. The topological polar surface area (TPSA) is 67.6 Å². The number of fused-ring (bicyclic) bond motifs is 1. The number of nitrogens with zero attached hydrogens (tertiary/aromatic N) is 3. The van der Waals surface area contributed by atoms with Crippen LogP contribution in [0.3, 0.4) is 0 Å². The normalized spacial score (nSPS) is 10.6. The van der Waals surface area contributed by atoms with E-state index in [0.29, 0.717) is 22.8 Å². The Hall–Kier alpha value is -2.51. The molecule has 0 saturated carbocycles. The summed E-state index contributed by atoms with van der Waals surface area (Å²) in [7, 11) is 0. The zero-order valence-electron chi connectivity index (χ0n) is 10.5. The molecule has 2 N–H and O–H groups in total. The van der Waals surface area contributed by atoms with Crippen molar-refractivity contribution in [1.29, 1.82) is 5.26 Å². The number of hydrogen-bond donors (Lipinski definition) is 1. The van der Waals surface area contributed by atoms with Gasteiger partial charge in [0.25, 0.3) is 0 Å². The molecule has 0 bridgehead atoms. The third kappa shape index (κ3) is 2.20. The van der Waals surface area contributed by atoms with Gasteiger partial charge in [0.1, 0.15) is 0 Å². The van der Waals surface area contributed by atoms with E-state index >= 15 is 0 Å². The van der Waals surface area contributed by atoms with Gasteiger partial charge >= 0.3 is 0 Å². The number of hydrogen-bond acceptors (Lipinski definition) is 3. The molecule has 20 heavy (non-hydrogen) atoms. The van der Waals surface area contributed by atoms with Crippen molar-refractivity contribution >= 4 is 28.2 Å². The average Bonchev–Trinajstić information content (AvgIpc) is 2.83. The lowest BCUT2D eigenvalue weighted by atomic mass is 10.1. The Kier molecular flexibility index (Phi) is 3.05. The van der Waals surface area contributed by atoms with Gasteiger partial charge in [-0.1, -0.05) is 17.7 Å². The molecule has 0 atom stereocenters. The zero-order valence-corrected chi connectivity index (χ0v) is 11.3. The van der Waals surface area contributed by atoms with Gasteiger partial charge in [-0.15, -0.1) is 0 Å². The average molecular weight is 283 g/mol. The second-order valence-electron chi connectivity index (χ2n) is 4.54. The predicted octanol–water partition coefficient (Wildman–Crippen LogP) is 3.19. The Bertz CT molecular complexity index is 829.